The summed E-state index contributed by atoms with van der Waals surface area (Å²) in [6.45, 7) is 5.82. The van der Waals surface area contributed by atoms with Gasteiger partial charge in [-0.15, -0.1) is 0 Å². The molecule has 0 saturated carbocycles. The molecule has 0 aromatic carbocycles. The normalized spacial score (nSPS) is 7.70. The fourth-order valence-corrected chi connectivity index (χ4v) is 0.376. The molecule has 0 amide bonds. The van der Waals surface area contributed by atoms with Crippen molar-refractivity contribution in [3.05, 3.63) is 20.1 Å². The van der Waals surface area contributed by atoms with E-state index >= 15 is 0 Å². The van der Waals surface area contributed by atoms with Gasteiger partial charge in [0, 0.05) is 13.5 Å². The molecule has 2 nitrogen and oxygen atoms in total. The van der Waals surface area contributed by atoms with Crippen molar-refractivity contribution in [1.29, 1.82) is 0 Å². The molecule has 0 aliphatic heterocycles. The Balaban J connectivity index is 0. The highest BCUT2D eigenvalue weighted by Crippen LogP contribution is 1.88. The molecule has 4 radical (unpaired) electrons. The van der Waals surface area contributed by atoms with Crippen LogP contribution in [-0.2, 0) is 9.53 Å². The maximum Gasteiger partial charge on any atom is 0.330 e. The van der Waals surface area contributed by atoms with Gasteiger partial charge in [-0.2, -0.15) is 0 Å². The Labute approximate surface area is 62.9 Å². The van der Waals surface area contributed by atoms with Crippen LogP contribution in [0.3, 0.4) is 0 Å². The van der Waals surface area contributed by atoms with Crippen LogP contribution in [0.5, 0.6) is 0 Å². The third kappa shape index (κ3) is 7.21. The molecule has 0 spiro atoms. The Morgan fingerprint density at radius 2 is 2.30 bits per heavy atom. The standard InChI is InChI=1S/C7H12O2.C/c1-3-5-6-9-7(8)4-2;/h4H,2-3,5-6H2,1H3;. The summed E-state index contributed by atoms with van der Waals surface area (Å²) in [4.78, 5) is 10.3. The van der Waals surface area contributed by atoms with Crippen LogP contribution in [0, 0.1) is 7.43 Å². The molecule has 0 saturated heterocycles. The lowest BCUT2D eigenvalue weighted by atomic mass is 10.4. The van der Waals surface area contributed by atoms with Gasteiger partial charge in [0.2, 0.25) is 0 Å². The third-order valence-electron chi connectivity index (χ3n) is 0.909. The summed E-state index contributed by atoms with van der Waals surface area (Å²) in [6, 6.07) is 0. The first-order valence-electron chi connectivity index (χ1n) is 3.10. The van der Waals surface area contributed by atoms with Crippen molar-refractivity contribution in [2.45, 2.75) is 19.8 Å². The minimum absolute atomic E-state index is 0. The highest BCUT2D eigenvalue weighted by molar-refractivity contribution is 5.81. The molecule has 0 aromatic rings. The molecule has 0 unspecified atom stereocenters. The van der Waals surface area contributed by atoms with Crippen LogP contribution >= 0.6 is 0 Å². The second kappa shape index (κ2) is 8.21. The molecular formula is C8H12O2. The highest BCUT2D eigenvalue weighted by Gasteiger charge is 1.91. The molecule has 0 aromatic heterocycles. The van der Waals surface area contributed by atoms with Crippen molar-refractivity contribution < 1.29 is 9.53 Å². The average Bonchev–Trinajstić information content (AvgIpc) is 1.89. The maximum absolute atomic E-state index is 10.3. The van der Waals surface area contributed by atoms with E-state index in [1.165, 1.54) is 6.08 Å². The van der Waals surface area contributed by atoms with Gasteiger partial charge in [-0.05, 0) is 6.42 Å². The maximum atomic E-state index is 10.3. The Morgan fingerprint density at radius 3 is 2.70 bits per heavy atom. The van der Waals surface area contributed by atoms with Gasteiger partial charge in [0.05, 0.1) is 6.61 Å². The van der Waals surface area contributed by atoms with Crippen LogP contribution in [0.4, 0.5) is 0 Å². The van der Waals surface area contributed by atoms with Gasteiger partial charge in [0.1, 0.15) is 0 Å². The fraction of sp³-hybridized carbons (Fsp3) is 0.500. The summed E-state index contributed by atoms with van der Waals surface area (Å²) < 4.78 is 4.67. The van der Waals surface area contributed by atoms with Crippen LogP contribution in [-0.4, -0.2) is 12.6 Å². The van der Waals surface area contributed by atoms with Gasteiger partial charge in [0.25, 0.3) is 0 Å². The summed E-state index contributed by atoms with van der Waals surface area (Å²) in [5.74, 6) is -0.330. The van der Waals surface area contributed by atoms with Gasteiger partial charge in [-0.25, -0.2) is 4.79 Å². The topological polar surface area (TPSA) is 26.3 Å². The molecule has 0 N–H and O–H groups in total. The molecule has 0 rings (SSSR count). The lowest BCUT2D eigenvalue weighted by Crippen LogP contribution is -2.00. The second-order valence-corrected chi connectivity index (χ2v) is 1.73. The second-order valence-electron chi connectivity index (χ2n) is 1.73. The van der Waals surface area contributed by atoms with Crippen molar-refractivity contribution in [2.24, 2.45) is 0 Å². The lowest BCUT2D eigenvalue weighted by Gasteiger charge is -1.97. The van der Waals surface area contributed by atoms with Crippen molar-refractivity contribution in [2.75, 3.05) is 6.61 Å². The van der Waals surface area contributed by atoms with E-state index in [9.17, 15) is 4.79 Å². The average molecular weight is 140 g/mol. The zero-order chi connectivity index (χ0) is 7.11. The van der Waals surface area contributed by atoms with Crippen LogP contribution in [0.1, 0.15) is 19.8 Å². The van der Waals surface area contributed by atoms with E-state index in [1.54, 1.807) is 0 Å². The molecule has 0 aliphatic rings. The van der Waals surface area contributed by atoms with Crippen LogP contribution in [0.15, 0.2) is 12.7 Å². The minimum atomic E-state index is -0.330. The predicted octanol–water partition coefficient (Wildman–Crippen LogP) is 1.60. The Bertz CT molecular complexity index is 97.4. The molecule has 10 heavy (non-hydrogen) atoms. The van der Waals surface area contributed by atoms with E-state index in [0.29, 0.717) is 6.61 Å². The summed E-state index contributed by atoms with van der Waals surface area (Å²) in [5, 5.41) is 0. The number of rotatable bonds is 4. The molecule has 0 aliphatic carbocycles. The third-order valence-corrected chi connectivity index (χ3v) is 0.909. The Kier molecular flexibility index (Phi) is 9.80. The summed E-state index contributed by atoms with van der Waals surface area (Å²) in [5.41, 5.74) is 0. The van der Waals surface area contributed by atoms with Gasteiger partial charge < -0.3 is 4.74 Å². The zero-order valence-electron chi connectivity index (χ0n) is 6.22. The number of hydrogen-bond acceptors (Lipinski definition) is 2. The zero-order valence-corrected chi connectivity index (χ0v) is 6.22. The number of hydrogen-bond donors (Lipinski definition) is 0. The van der Waals surface area contributed by atoms with E-state index in [4.69, 9.17) is 0 Å². The summed E-state index contributed by atoms with van der Waals surface area (Å²) >= 11 is 0. The van der Waals surface area contributed by atoms with Gasteiger partial charge in [-0.1, -0.05) is 19.9 Å². The Morgan fingerprint density at radius 1 is 1.70 bits per heavy atom. The Hall–Kier alpha value is -0.790. The molecule has 0 heterocycles. The van der Waals surface area contributed by atoms with E-state index in [2.05, 4.69) is 11.3 Å². The van der Waals surface area contributed by atoms with E-state index in [1.807, 2.05) is 6.92 Å². The molecule has 0 bridgehead atoms. The van der Waals surface area contributed by atoms with E-state index < -0.39 is 0 Å². The van der Waals surface area contributed by atoms with Gasteiger partial charge >= 0.3 is 5.97 Å². The van der Waals surface area contributed by atoms with Crippen molar-refractivity contribution in [3.63, 3.8) is 0 Å². The van der Waals surface area contributed by atoms with Gasteiger partial charge in [-0.3, -0.25) is 0 Å². The molecule has 56 valence electrons. The van der Waals surface area contributed by atoms with Gasteiger partial charge in [0.15, 0.2) is 0 Å². The first-order valence-corrected chi connectivity index (χ1v) is 3.10. The predicted molar refractivity (Wildman–Crippen MR) is 39.3 cm³/mol. The van der Waals surface area contributed by atoms with Crippen molar-refractivity contribution in [1.82, 2.24) is 0 Å². The molecule has 2 heteroatoms. The van der Waals surface area contributed by atoms with Crippen LogP contribution in [0.25, 0.3) is 0 Å². The summed E-state index contributed by atoms with van der Waals surface area (Å²) in [7, 11) is 0. The highest BCUT2D eigenvalue weighted by atomic mass is 16.5. The summed E-state index contributed by atoms with van der Waals surface area (Å²) in [6.07, 6.45) is 3.15. The number of esters is 1. The minimum Gasteiger partial charge on any atom is -0.463 e. The fourth-order valence-electron chi connectivity index (χ4n) is 0.376. The SMILES string of the molecule is C=CC(=O)OCCCC.[C]. The number of unbranched alkanes of at least 4 members (excludes halogenated alkanes) is 1. The number of carbonyl (C=O) groups excluding carboxylic acids is 1. The number of ether oxygens (including phenoxy) is 1. The van der Waals surface area contributed by atoms with Crippen LogP contribution < -0.4 is 0 Å². The smallest absolute Gasteiger partial charge is 0.330 e. The van der Waals surface area contributed by atoms with E-state index in [0.717, 1.165) is 12.8 Å². The number of carbonyl (C=O) groups is 1. The van der Waals surface area contributed by atoms with E-state index in [-0.39, 0.29) is 13.4 Å². The first-order chi connectivity index (χ1) is 4.31. The van der Waals surface area contributed by atoms with Crippen molar-refractivity contribution in [3.8, 4) is 0 Å². The first kappa shape index (κ1) is 11.9. The van der Waals surface area contributed by atoms with Crippen molar-refractivity contribution >= 4 is 5.97 Å². The molecule has 0 fully saturated rings. The molecule has 0 atom stereocenters. The largest absolute Gasteiger partial charge is 0.463 e. The quantitative estimate of drug-likeness (QED) is 0.337. The monoisotopic (exact) mass is 140 g/mol. The lowest BCUT2D eigenvalue weighted by molar-refractivity contribution is -0.137. The van der Waals surface area contributed by atoms with Crippen LogP contribution in [0.2, 0.25) is 0 Å². The molecular weight excluding hydrogens is 128 g/mol.